The molecule has 0 heterocycles. The highest BCUT2D eigenvalue weighted by molar-refractivity contribution is 6.27. The van der Waals surface area contributed by atoms with Crippen LogP contribution in [0.25, 0.3) is 0 Å². The van der Waals surface area contributed by atoms with Crippen LogP contribution in [0.15, 0.2) is 12.7 Å². The van der Waals surface area contributed by atoms with Gasteiger partial charge < -0.3 is 13.9 Å². The van der Waals surface area contributed by atoms with Crippen molar-refractivity contribution in [2.45, 2.75) is 102 Å². The fourth-order valence-corrected chi connectivity index (χ4v) is 4.10. The normalized spacial score (nSPS) is 12.3. The Bertz CT molecular complexity index is 268. The van der Waals surface area contributed by atoms with Crippen LogP contribution in [0.2, 0.25) is 6.04 Å². The summed E-state index contributed by atoms with van der Waals surface area (Å²) in [5, 5.41) is 0. The van der Waals surface area contributed by atoms with Gasteiger partial charge in [0.2, 0.25) is 0 Å². The summed E-state index contributed by atoms with van der Waals surface area (Å²) in [5.41, 5.74) is 0. The summed E-state index contributed by atoms with van der Waals surface area (Å²) in [6.45, 7) is 5.60. The first kappa shape index (κ1) is 23.8. The molecule has 0 bridgehead atoms. The Morgan fingerprint density at radius 1 is 0.750 bits per heavy atom. The maximum Gasteiger partial charge on any atom is 0.269 e. The van der Waals surface area contributed by atoms with Crippen LogP contribution in [-0.4, -0.2) is 30.0 Å². The van der Waals surface area contributed by atoms with Crippen molar-refractivity contribution in [2.24, 2.45) is 0 Å². The molecule has 0 rings (SSSR count). The molecule has 0 aromatic rings. The van der Waals surface area contributed by atoms with Gasteiger partial charge >= 0.3 is 0 Å². The number of ether oxygens (including phenoxy) is 2. The third-order valence-electron chi connectivity index (χ3n) is 4.66. The third kappa shape index (κ3) is 15.4. The van der Waals surface area contributed by atoms with E-state index in [4.69, 9.17) is 13.9 Å². The van der Waals surface area contributed by atoms with Crippen LogP contribution in [0.5, 0.6) is 0 Å². The van der Waals surface area contributed by atoms with Crippen molar-refractivity contribution in [1.82, 2.24) is 0 Å². The average Bonchev–Trinajstić information content (AvgIpc) is 2.61. The Kier molecular flexibility index (Phi) is 17.5. The second-order valence-electron chi connectivity index (χ2n) is 6.79. The quantitative estimate of drug-likeness (QED) is 0.128. The van der Waals surface area contributed by atoms with Crippen LogP contribution in [-0.2, 0) is 13.9 Å². The minimum absolute atomic E-state index is 0.532. The van der Waals surface area contributed by atoms with Gasteiger partial charge in [-0.05, 0) is 18.9 Å². The Morgan fingerprint density at radius 3 is 1.58 bits per heavy atom. The van der Waals surface area contributed by atoms with E-state index in [1.807, 2.05) is 13.0 Å². The smallest absolute Gasteiger partial charge is 0.269 e. The lowest BCUT2D eigenvalue weighted by Gasteiger charge is -2.26. The van der Waals surface area contributed by atoms with Gasteiger partial charge in [-0.2, -0.15) is 0 Å². The molecule has 0 aromatic heterocycles. The highest BCUT2D eigenvalue weighted by Crippen LogP contribution is 2.14. The van der Waals surface area contributed by atoms with Crippen LogP contribution in [0.4, 0.5) is 0 Å². The zero-order valence-electron chi connectivity index (χ0n) is 16.6. The van der Waals surface area contributed by atoms with Crippen molar-refractivity contribution in [1.29, 1.82) is 0 Å². The number of rotatable bonds is 19. The molecule has 0 fully saturated rings. The van der Waals surface area contributed by atoms with E-state index in [1.54, 1.807) is 14.2 Å². The summed E-state index contributed by atoms with van der Waals surface area (Å²) >= 11 is 0. The molecule has 0 aliphatic heterocycles. The van der Waals surface area contributed by atoms with Crippen LogP contribution in [0, 0.1) is 0 Å². The first-order valence-electron chi connectivity index (χ1n) is 10.0. The molecule has 4 heteroatoms. The van der Waals surface area contributed by atoms with Crippen molar-refractivity contribution in [3.63, 3.8) is 0 Å². The third-order valence-corrected chi connectivity index (χ3v) is 6.18. The number of methoxy groups -OCH3 is 2. The van der Waals surface area contributed by atoms with Crippen molar-refractivity contribution in [2.75, 3.05) is 14.2 Å². The zero-order valence-corrected chi connectivity index (χ0v) is 18.0. The van der Waals surface area contributed by atoms with E-state index in [2.05, 4.69) is 6.58 Å². The standard InChI is InChI=1S/C20H42O3Si/c1-5-6-7-8-9-10-11-12-13-14-15-16-17-18-19-24-23-20(2,21-3)22-4/h5H,1,6-19,24H2,2-4H3. The fourth-order valence-electron chi connectivity index (χ4n) is 2.79. The molecule has 0 unspecified atom stereocenters. The lowest BCUT2D eigenvalue weighted by molar-refractivity contribution is -0.310. The first-order valence-corrected chi connectivity index (χ1v) is 11.6. The molecule has 0 saturated carbocycles. The highest BCUT2D eigenvalue weighted by Gasteiger charge is 2.22. The Labute approximate surface area is 153 Å². The molecule has 0 aliphatic carbocycles. The Hall–Kier alpha value is -0.163. The van der Waals surface area contributed by atoms with Crippen molar-refractivity contribution >= 4 is 9.76 Å². The summed E-state index contributed by atoms with van der Waals surface area (Å²) in [6, 6.07) is 1.22. The predicted molar refractivity (Wildman–Crippen MR) is 107 cm³/mol. The SMILES string of the molecule is C=CCCCCCCCCCCCCCC[SiH2]OC(C)(OC)OC. The number of hydrogen-bond acceptors (Lipinski definition) is 3. The van der Waals surface area contributed by atoms with E-state index in [1.165, 1.54) is 89.5 Å². The van der Waals surface area contributed by atoms with Crippen LogP contribution >= 0.6 is 0 Å². The molecular formula is C20H42O3Si. The number of unbranched alkanes of at least 4 members (excludes halogenated alkanes) is 12. The van der Waals surface area contributed by atoms with E-state index in [-0.39, 0.29) is 0 Å². The second kappa shape index (κ2) is 17.7. The number of allylic oxidation sites excluding steroid dienone is 1. The molecule has 0 atom stereocenters. The first-order chi connectivity index (χ1) is 11.7. The topological polar surface area (TPSA) is 27.7 Å². The Morgan fingerprint density at radius 2 is 1.17 bits per heavy atom. The summed E-state index contributed by atoms with van der Waals surface area (Å²) in [5.74, 6) is -0.822. The molecule has 0 N–H and O–H groups in total. The molecule has 0 amide bonds. The van der Waals surface area contributed by atoms with Gasteiger partial charge in [0.25, 0.3) is 5.97 Å². The van der Waals surface area contributed by atoms with Gasteiger partial charge in [0.1, 0.15) is 0 Å². The molecule has 0 aliphatic rings. The highest BCUT2D eigenvalue weighted by atomic mass is 28.2. The van der Waals surface area contributed by atoms with E-state index in [9.17, 15) is 0 Å². The maximum atomic E-state index is 5.73. The minimum atomic E-state index is -0.822. The van der Waals surface area contributed by atoms with Crippen molar-refractivity contribution < 1.29 is 13.9 Å². The second-order valence-corrected chi connectivity index (χ2v) is 8.20. The minimum Gasteiger partial charge on any atom is -0.376 e. The lowest BCUT2D eigenvalue weighted by atomic mass is 10.0. The van der Waals surface area contributed by atoms with E-state index in [0.717, 1.165) is 0 Å². The molecule has 0 radical (unpaired) electrons. The molecule has 0 spiro atoms. The lowest BCUT2D eigenvalue weighted by Crippen LogP contribution is -2.34. The molecule has 3 nitrogen and oxygen atoms in total. The summed E-state index contributed by atoms with van der Waals surface area (Å²) in [4.78, 5) is 0. The van der Waals surface area contributed by atoms with Crippen LogP contribution in [0.1, 0.15) is 90.4 Å². The van der Waals surface area contributed by atoms with Gasteiger partial charge in [-0.15, -0.1) is 6.58 Å². The van der Waals surface area contributed by atoms with Gasteiger partial charge in [-0.3, -0.25) is 0 Å². The van der Waals surface area contributed by atoms with Crippen LogP contribution < -0.4 is 0 Å². The molecule has 144 valence electrons. The van der Waals surface area contributed by atoms with Crippen molar-refractivity contribution in [3.8, 4) is 0 Å². The van der Waals surface area contributed by atoms with E-state index >= 15 is 0 Å². The average molecular weight is 359 g/mol. The number of hydrogen-bond donors (Lipinski definition) is 0. The Balaban J connectivity index is 3.14. The summed E-state index contributed by atoms with van der Waals surface area (Å²) in [7, 11) is 2.72. The summed E-state index contributed by atoms with van der Waals surface area (Å²) in [6.07, 6.45) is 19.9. The maximum absolute atomic E-state index is 5.73. The molecule has 24 heavy (non-hydrogen) atoms. The van der Waals surface area contributed by atoms with Crippen LogP contribution in [0.3, 0.4) is 0 Å². The van der Waals surface area contributed by atoms with Gasteiger partial charge in [-0.1, -0.05) is 76.7 Å². The molecular weight excluding hydrogens is 316 g/mol. The van der Waals surface area contributed by atoms with Gasteiger partial charge in [0.15, 0.2) is 9.76 Å². The van der Waals surface area contributed by atoms with Gasteiger partial charge in [0.05, 0.1) is 0 Å². The monoisotopic (exact) mass is 358 g/mol. The van der Waals surface area contributed by atoms with Crippen molar-refractivity contribution in [3.05, 3.63) is 12.7 Å². The molecule has 0 saturated heterocycles. The largest absolute Gasteiger partial charge is 0.376 e. The van der Waals surface area contributed by atoms with Gasteiger partial charge in [0, 0.05) is 21.1 Å². The predicted octanol–water partition coefficient (Wildman–Crippen LogP) is 5.73. The fraction of sp³-hybridized carbons (Fsp3) is 0.900. The van der Waals surface area contributed by atoms with E-state index in [0.29, 0.717) is 0 Å². The molecule has 0 aromatic carbocycles. The summed E-state index contributed by atoms with van der Waals surface area (Å²) < 4.78 is 16.1. The zero-order chi connectivity index (χ0) is 17.9. The van der Waals surface area contributed by atoms with E-state index < -0.39 is 15.7 Å². The van der Waals surface area contributed by atoms with Gasteiger partial charge in [-0.25, -0.2) is 0 Å².